The van der Waals surface area contributed by atoms with E-state index >= 15 is 0 Å². The van der Waals surface area contributed by atoms with Crippen LogP contribution in [0.5, 0.6) is 0 Å². The molecule has 0 aliphatic rings. The highest BCUT2D eigenvalue weighted by Crippen LogP contribution is 2.18. The molecule has 0 saturated carbocycles. The average molecular weight is 1020 g/mol. The average Bonchev–Trinajstić information content (AvgIpc) is 3.39. The van der Waals surface area contributed by atoms with Gasteiger partial charge in [0.25, 0.3) is 0 Å². The number of hydrogen-bond acceptors (Lipinski definition) is 5. The molecule has 0 radical (unpaired) electrons. The molecule has 5 nitrogen and oxygen atoms in total. The van der Waals surface area contributed by atoms with Crippen LogP contribution >= 0.6 is 0 Å². The predicted molar refractivity (Wildman–Crippen MR) is 320 cm³/mol. The lowest BCUT2D eigenvalue weighted by molar-refractivity contribution is -0.161. The topological polar surface area (TPSA) is 72.8 Å². The zero-order valence-corrected chi connectivity index (χ0v) is 48.9. The van der Waals surface area contributed by atoms with Gasteiger partial charge in [0, 0.05) is 12.8 Å². The van der Waals surface area contributed by atoms with Crippen molar-refractivity contribution in [2.75, 3.05) is 13.2 Å². The molecule has 0 bridgehead atoms. The third-order valence-corrected chi connectivity index (χ3v) is 14.6. The van der Waals surface area contributed by atoms with Crippen molar-refractivity contribution in [2.45, 2.75) is 347 Å². The first kappa shape index (κ1) is 70.6. The van der Waals surface area contributed by atoms with Crippen LogP contribution in [-0.2, 0) is 19.1 Å². The maximum absolute atomic E-state index is 12.3. The lowest BCUT2D eigenvalue weighted by Gasteiger charge is -2.15. The molecule has 0 saturated heterocycles. The van der Waals surface area contributed by atoms with Crippen LogP contribution in [0.15, 0.2) is 60.8 Å². The summed E-state index contributed by atoms with van der Waals surface area (Å²) in [5.41, 5.74) is 0. The molecule has 5 heteroatoms. The molecule has 0 aliphatic heterocycles. The van der Waals surface area contributed by atoms with Crippen molar-refractivity contribution in [1.29, 1.82) is 0 Å². The number of aliphatic hydroxyl groups is 1. The van der Waals surface area contributed by atoms with E-state index in [0.717, 1.165) is 64.2 Å². The Labute approximate surface area is 455 Å². The van der Waals surface area contributed by atoms with Gasteiger partial charge in [0.1, 0.15) is 6.61 Å². The molecular formula is C68H124O5. The molecule has 0 aromatic heterocycles. The number of unbranched alkanes of at least 4 members (excludes halogenated alkanes) is 42. The highest BCUT2D eigenvalue weighted by atomic mass is 16.6. The predicted octanol–water partition coefficient (Wildman–Crippen LogP) is 22.1. The molecule has 1 atom stereocenters. The van der Waals surface area contributed by atoms with Crippen LogP contribution in [0, 0.1) is 0 Å². The van der Waals surface area contributed by atoms with Crippen LogP contribution in [0.2, 0.25) is 0 Å². The fourth-order valence-electron chi connectivity index (χ4n) is 9.76. The zero-order valence-electron chi connectivity index (χ0n) is 48.9. The van der Waals surface area contributed by atoms with Crippen molar-refractivity contribution >= 4 is 11.9 Å². The van der Waals surface area contributed by atoms with E-state index in [4.69, 9.17) is 9.47 Å². The van der Waals surface area contributed by atoms with Crippen LogP contribution < -0.4 is 0 Å². The third kappa shape index (κ3) is 62.0. The molecular weight excluding hydrogens is 897 g/mol. The summed E-state index contributed by atoms with van der Waals surface area (Å²) in [5.74, 6) is -0.570. The van der Waals surface area contributed by atoms with E-state index in [0.29, 0.717) is 12.8 Å². The van der Waals surface area contributed by atoms with Gasteiger partial charge in [0.15, 0.2) is 6.10 Å². The molecule has 0 aromatic rings. The number of hydrogen-bond donors (Lipinski definition) is 1. The molecule has 0 spiro atoms. The summed E-state index contributed by atoms with van der Waals surface area (Å²) < 4.78 is 10.7. The molecule has 0 amide bonds. The van der Waals surface area contributed by atoms with Gasteiger partial charge in [-0.2, -0.15) is 0 Å². The summed E-state index contributed by atoms with van der Waals surface area (Å²) in [6, 6.07) is 0. The summed E-state index contributed by atoms with van der Waals surface area (Å²) in [6.45, 7) is 4.08. The number of ether oxygens (including phenoxy) is 2. The molecule has 1 N–H and O–H groups in total. The Balaban J connectivity index is 3.42. The summed E-state index contributed by atoms with van der Waals surface area (Å²) in [5, 5.41) is 9.68. The molecule has 0 rings (SSSR count). The summed E-state index contributed by atoms with van der Waals surface area (Å²) in [6.07, 6.45) is 86.6. The van der Waals surface area contributed by atoms with Gasteiger partial charge in [0.05, 0.1) is 6.61 Å². The number of aliphatic hydroxyl groups excluding tert-OH is 1. The van der Waals surface area contributed by atoms with E-state index in [9.17, 15) is 14.7 Å². The van der Waals surface area contributed by atoms with Crippen LogP contribution in [0.25, 0.3) is 0 Å². The van der Waals surface area contributed by atoms with Gasteiger partial charge >= 0.3 is 11.9 Å². The van der Waals surface area contributed by atoms with Gasteiger partial charge in [-0.05, 0) is 57.8 Å². The van der Waals surface area contributed by atoms with Crippen LogP contribution in [0.3, 0.4) is 0 Å². The monoisotopic (exact) mass is 1020 g/mol. The standard InChI is InChI=1S/C68H124O5/c1-3-5-7-9-11-13-15-17-19-21-23-25-27-29-30-31-32-33-34-35-36-37-38-39-41-43-45-47-49-51-53-55-57-59-61-63-68(71)73-66(64-69)65-72-67(70)62-60-58-56-54-52-50-48-46-44-42-40-28-26-24-22-20-18-16-14-12-10-8-6-4-2/h5,7,11,13,17,19,23,25,29-30,66,69H,3-4,6,8-10,12,14-16,18,20-22,24,26-28,31-65H2,1-2H3/b7-5-,13-11-,19-17-,25-23-,30-29-. The molecule has 0 heterocycles. The van der Waals surface area contributed by atoms with E-state index in [1.54, 1.807) is 0 Å². The third-order valence-electron chi connectivity index (χ3n) is 14.6. The van der Waals surface area contributed by atoms with Gasteiger partial charge < -0.3 is 14.6 Å². The highest BCUT2D eigenvalue weighted by Gasteiger charge is 2.16. The van der Waals surface area contributed by atoms with E-state index in [2.05, 4.69) is 74.6 Å². The molecule has 1 unspecified atom stereocenters. The Morgan fingerprint density at radius 2 is 0.589 bits per heavy atom. The normalized spacial score (nSPS) is 12.5. The van der Waals surface area contributed by atoms with Gasteiger partial charge in [-0.3, -0.25) is 9.59 Å². The number of allylic oxidation sites excluding steroid dienone is 10. The van der Waals surface area contributed by atoms with Crippen molar-refractivity contribution in [1.82, 2.24) is 0 Å². The first-order valence-electron chi connectivity index (χ1n) is 32.3. The van der Waals surface area contributed by atoms with Crippen molar-refractivity contribution < 1.29 is 24.2 Å². The Morgan fingerprint density at radius 1 is 0.329 bits per heavy atom. The highest BCUT2D eigenvalue weighted by molar-refractivity contribution is 5.70. The maximum atomic E-state index is 12.3. The van der Waals surface area contributed by atoms with Crippen molar-refractivity contribution in [3.63, 3.8) is 0 Å². The Kier molecular flexibility index (Phi) is 61.8. The molecule has 426 valence electrons. The second kappa shape index (κ2) is 63.9. The number of carbonyl (C=O) groups is 2. The van der Waals surface area contributed by atoms with E-state index in [-0.39, 0.29) is 25.2 Å². The smallest absolute Gasteiger partial charge is 0.306 e. The van der Waals surface area contributed by atoms with E-state index < -0.39 is 6.10 Å². The minimum absolute atomic E-state index is 0.0604. The summed E-state index contributed by atoms with van der Waals surface area (Å²) in [7, 11) is 0. The largest absolute Gasteiger partial charge is 0.462 e. The second-order valence-electron chi connectivity index (χ2n) is 21.8. The summed E-state index contributed by atoms with van der Waals surface area (Å²) >= 11 is 0. The lowest BCUT2D eigenvalue weighted by Crippen LogP contribution is -2.28. The Hall–Kier alpha value is -2.40. The Bertz CT molecular complexity index is 1250. The molecule has 0 fully saturated rings. The van der Waals surface area contributed by atoms with Crippen molar-refractivity contribution in [2.24, 2.45) is 0 Å². The lowest BCUT2D eigenvalue weighted by atomic mass is 10.0. The van der Waals surface area contributed by atoms with Gasteiger partial charge in [0.2, 0.25) is 0 Å². The van der Waals surface area contributed by atoms with Crippen molar-refractivity contribution in [3.8, 4) is 0 Å². The minimum atomic E-state index is -0.770. The zero-order chi connectivity index (χ0) is 52.7. The fraction of sp³-hybridized carbons (Fsp3) is 0.824. The molecule has 0 aliphatic carbocycles. The van der Waals surface area contributed by atoms with Gasteiger partial charge in [-0.1, -0.05) is 331 Å². The first-order chi connectivity index (χ1) is 36.1. The van der Waals surface area contributed by atoms with Gasteiger partial charge in [-0.25, -0.2) is 0 Å². The molecule has 0 aromatic carbocycles. The minimum Gasteiger partial charge on any atom is -0.462 e. The first-order valence-corrected chi connectivity index (χ1v) is 32.3. The van der Waals surface area contributed by atoms with Crippen LogP contribution in [0.1, 0.15) is 341 Å². The maximum Gasteiger partial charge on any atom is 0.306 e. The van der Waals surface area contributed by atoms with Gasteiger partial charge in [-0.15, -0.1) is 0 Å². The summed E-state index contributed by atoms with van der Waals surface area (Å²) in [4.78, 5) is 24.6. The quantitative estimate of drug-likeness (QED) is 0.0373. The van der Waals surface area contributed by atoms with Crippen LogP contribution in [-0.4, -0.2) is 36.4 Å². The fourth-order valence-corrected chi connectivity index (χ4v) is 9.76. The van der Waals surface area contributed by atoms with Crippen LogP contribution in [0.4, 0.5) is 0 Å². The molecule has 73 heavy (non-hydrogen) atoms. The second-order valence-corrected chi connectivity index (χ2v) is 21.8. The van der Waals surface area contributed by atoms with E-state index in [1.165, 1.54) is 250 Å². The number of rotatable bonds is 60. The Morgan fingerprint density at radius 3 is 0.890 bits per heavy atom. The van der Waals surface area contributed by atoms with Crippen molar-refractivity contribution in [3.05, 3.63) is 60.8 Å². The SMILES string of the molecule is CC/C=C\C/C=C\C/C=C\C/C=C\C/C=C\CCCCCCCCCCCCCCCCCCCCCC(=O)OC(CO)COC(=O)CCCCCCCCCCCCCCCCCCCCCCCCCC. The number of carbonyl (C=O) groups excluding carboxylic acids is 2. The van der Waals surface area contributed by atoms with E-state index in [1.807, 2.05) is 0 Å². The number of esters is 2.